The van der Waals surface area contributed by atoms with Crippen LogP contribution in [0.2, 0.25) is 0 Å². The van der Waals surface area contributed by atoms with Gasteiger partial charge in [0.15, 0.2) is 0 Å². The predicted octanol–water partition coefficient (Wildman–Crippen LogP) is 2.22. The highest BCUT2D eigenvalue weighted by Crippen LogP contribution is 2.17. The smallest absolute Gasteiger partial charge is 0.150 e. The molecule has 5 nitrogen and oxygen atoms in total. The van der Waals surface area contributed by atoms with Crippen molar-refractivity contribution in [1.29, 1.82) is 0 Å². The molecule has 2 heterocycles. The number of anilines is 1. The van der Waals surface area contributed by atoms with Gasteiger partial charge in [0.05, 0.1) is 6.54 Å². The van der Waals surface area contributed by atoms with E-state index in [0.717, 1.165) is 62.9 Å². The van der Waals surface area contributed by atoms with E-state index in [0.29, 0.717) is 0 Å². The molecule has 1 aromatic heterocycles. The molecule has 0 aliphatic carbocycles. The minimum Gasteiger partial charge on any atom is -0.370 e. The third-order valence-corrected chi connectivity index (χ3v) is 4.05. The first kappa shape index (κ1) is 15.0. The van der Waals surface area contributed by atoms with Crippen molar-refractivity contribution in [2.75, 3.05) is 31.1 Å². The number of rotatable bonds is 4. The zero-order valence-electron chi connectivity index (χ0n) is 12.9. The number of nitrogens with one attached hydrogen (secondary N) is 1. The van der Waals surface area contributed by atoms with Gasteiger partial charge in [-0.15, -0.1) is 0 Å². The first-order valence-electron chi connectivity index (χ1n) is 7.87. The van der Waals surface area contributed by atoms with Crippen molar-refractivity contribution in [3.05, 3.63) is 41.7 Å². The highest BCUT2D eigenvalue weighted by Gasteiger charge is 2.16. The van der Waals surface area contributed by atoms with Crippen molar-refractivity contribution < 1.29 is 4.39 Å². The molecule has 0 atom stereocenters. The van der Waals surface area contributed by atoms with E-state index in [-0.39, 0.29) is 5.82 Å². The van der Waals surface area contributed by atoms with Gasteiger partial charge in [0.25, 0.3) is 0 Å². The van der Waals surface area contributed by atoms with E-state index in [1.165, 1.54) is 12.1 Å². The van der Waals surface area contributed by atoms with E-state index in [1.807, 2.05) is 12.1 Å². The standard InChI is InChI=1S/C16H22FN5/c1-2-15-18-16(20-19-15)12-21-8-3-9-22(11-10-21)14-6-4-13(17)5-7-14/h4-7H,2-3,8-12H2,1H3,(H,18,19,20). The molecule has 1 N–H and O–H groups in total. The molecule has 0 bridgehead atoms. The lowest BCUT2D eigenvalue weighted by Crippen LogP contribution is -2.30. The highest BCUT2D eigenvalue weighted by atomic mass is 19.1. The number of hydrogen-bond donors (Lipinski definition) is 1. The van der Waals surface area contributed by atoms with Crippen LogP contribution >= 0.6 is 0 Å². The van der Waals surface area contributed by atoms with Crippen LogP contribution < -0.4 is 4.90 Å². The molecule has 0 spiro atoms. The van der Waals surface area contributed by atoms with Crippen LogP contribution in [0.1, 0.15) is 25.0 Å². The van der Waals surface area contributed by atoms with Gasteiger partial charge in [-0.2, -0.15) is 5.10 Å². The summed E-state index contributed by atoms with van der Waals surface area (Å²) in [6.45, 7) is 6.82. The fourth-order valence-corrected chi connectivity index (χ4v) is 2.81. The summed E-state index contributed by atoms with van der Waals surface area (Å²) in [6, 6.07) is 6.77. The zero-order valence-corrected chi connectivity index (χ0v) is 12.9. The molecule has 6 heteroatoms. The molecule has 3 rings (SSSR count). The van der Waals surface area contributed by atoms with Gasteiger partial charge in [-0.1, -0.05) is 6.92 Å². The molecule has 0 saturated carbocycles. The van der Waals surface area contributed by atoms with Crippen molar-refractivity contribution in [3.63, 3.8) is 0 Å². The fourth-order valence-electron chi connectivity index (χ4n) is 2.81. The fraction of sp³-hybridized carbons (Fsp3) is 0.500. The van der Waals surface area contributed by atoms with Crippen LogP contribution in [0, 0.1) is 5.82 Å². The Hall–Kier alpha value is -1.95. The number of benzene rings is 1. The highest BCUT2D eigenvalue weighted by molar-refractivity contribution is 5.46. The Morgan fingerprint density at radius 1 is 1.14 bits per heavy atom. The van der Waals surface area contributed by atoms with Crippen LogP contribution in [0.15, 0.2) is 24.3 Å². The molecule has 118 valence electrons. The van der Waals surface area contributed by atoms with Crippen LogP contribution in [0.4, 0.5) is 10.1 Å². The van der Waals surface area contributed by atoms with Gasteiger partial charge in [-0.05, 0) is 30.7 Å². The molecular formula is C16H22FN5. The Bertz CT molecular complexity index is 595. The average Bonchev–Trinajstić information content (AvgIpc) is 2.86. The number of hydrogen-bond acceptors (Lipinski definition) is 4. The summed E-state index contributed by atoms with van der Waals surface area (Å²) >= 11 is 0. The number of aryl methyl sites for hydroxylation is 1. The van der Waals surface area contributed by atoms with Crippen LogP contribution in [0.3, 0.4) is 0 Å². The summed E-state index contributed by atoms with van der Waals surface area (Å²) in [5, 5.41) is 7.20. The largest absolute Gasteiger partial charge is 0.370 e. The van der Waals surface area contributed by atoms with Gasteiger partial charge in [0, 0.05) is 38.3 Å². The van der Waals surface area contributed by atoms with Gasteiger partial charge in [0.1, 0.15) is 17.5 Å². The van der Waals surface area contributed by atoms with E-state index in [9.17, 15) is 4.39 Å². The quantitative estimate of drug-likeness (QED) is 0.941. The van der Waals surface area contributed by atoms with Crippen molar-refractivity contribution in [3.8, 4) is 0 Å². The molecule has 1 aromatic carbocycles. The summed E-state index contributed by atoms with van der Waals surface area (Å²) < 4.78 is 13.0. The molecule has 0 amide bonds. The predicted molar refractivity (Wildman–Crippen MR) is 84.3 cm³/mol. The van der Waals surface area contributed by atoms with Crippen molar-refractivity contribution in [1.82, 2.24) is 20.1 Å². The molecule has 1 aliphatic rings. The van der Waals surface area contributed by atoms with E-state index >= 15 is 0 Å². The molecule has 1 saturated heterocycles. The van der Waals surface area contributed by atoms with Gasteiger partial charge >= 0.3 is 0 Å². The second kappa shape index (κ2) is 6.87. The lowest BCUT2D eigenvalue weighted by atomic mass is 10.2. The topological polar surface area (TPSA) is 48.1 Å². The Kier molecular flexibility index (Phi) is 4.68. The van der Waals surface area contributed by atoms with Crippen LogP contribution in [-0.4, -0.2) is 46.3 Å². The zero-order chi connectivity index (χ0) is 15.4. The van der Waals surface area contributed by atoms with Crippen molar-refractivity contribution >= 4 is 5.69 Å². The summed E-state index contributed by atoms with van der Waals surface area (Å²) in [7, 11) is 0. The minimum absolute atomic E-state index is 0.183. The molecule has 1 aliphatic heterocycles. The molecule has 0 unspecified atom stereocenters. The van der Waals surface area contributed by atoms with Crippen molar-refractivity contribution in [2.45, 2.75) is 26.3 Å². The monoisotopic (exact) mass is 303 g/mol. The molecule has 1 fully saturated rings. The maximum absolute atomic E-state index is 13.0. The summed E-state index contributed by atoms with van der Waals surface area (Å²) in [5.41, 5.74) is 1.09. The van der Waals surface area contributed by atoms with Crippen LogP contribution in [0.25, 0.3) is 0 Å². The molecule has 2 aromatic rings. The van der Waals surface area contributed by atoms with E-state index < -0.39 is 0 Å². The molecular weight excluding hydrogens is 281 g/mol. The van der Waals surface area contributed by atoms with Crippen LogP contribution in [0.5, 0.6) is 0 Å². The molecule has 0 radical (unpaired) electrons. The Balaban J connectivity index is 1.58. The lowest BCUT2D eigenvalue weighted by molar-refractivity contribution is 0.278. The maximum Gasteiger partial charge on any atom is 0.150 e. The number of aromatic amines is 1. The van der Waals surface area contributed by atoms with E-state index in [1.54, 1.807) is 0 Å². The summed E-state index contributed by atoms with van der Waals surface area (Å²) in [4.78, 5) is 9.19. The van der Waals surface area contributed by atoms with Gasteiger partial charge in [-0.3, -0.25) is 10.00 Å². The van der Waals surface area contributed by atoms with Crippen molar-refractivity contribution in [2.24, 2.45) is 0 Å². The Labute approximate surface area is 130 Å². The van der Waals surface area contributed by atoms with E-state index in [4.69, 9.17) is 0 Å². The van der Waals surface area contributed by atoms with Gasteiger partial charge < -0.3 is 4.90 Å². The second-order valence-corrected chi connectivity index (χ2v) is 5.65. The maximum atomic E-state index is 13.0. The number of H-pyrrole nitrogens is 1. The molecule has 22 heavy (non-hydrogen) atoms. The second-order valence-electron chi connectivity index (χ2n) is 5.65. The first-order valence-corrected chi connectivity index (χ1v) is 7.87. The Morgan fingerprint density at radius 2 is 1.95 bits per heavy atom. The third kappa shape index (κ3) is 3.62. The average molecular weight is 303 g/mol. The van der Waals surface area contributed by atoms with Crippen LogP contribution in [-0.2, 0) is 13.0 Å². The Morgan fingerprint density at radius 3 is 2.68 bits per heavy atom. The minimum atomic E-state index is -0.183. The third-order valence-electron chi connectivity index (χ3n) is 4.05. The number of aromatic nitrogens is 3. The lowest BCUT2D eigenvalue weighted by Gasteiger charge is -2.23. The number of nitrogens with zero attached hydrogens (tertiary/aromatic N) is 4. The van der Waals surface area contributed by atoms with Gasteiger partial charge in [-0.25, -0.2) is 9.37 Å². The number of halogens is 1. The summed E-state index contributed by atoms with van der Waals surface area (Å²) in [5.74, 6) is 1.63. The van der Waals surface area contributed by atoms with E-state index in [2.05, 4.69) is 31.9 Å². The first-order chi connectivity index (χ1) is 10.7. The van der Waals surface area contributed by atoms with Gasteiger partial charge in [0.2, 0.25) is 0 Å². The SMILES string of the molecule is CCc1n[nH]c(CN2CCCN(c3ccc(F)cc3)CC2)n1. The summed E-state index contributed by atoms with van der Waals surface area (Å²) in [6.07, 6.45) is 1.95. The normalized spacial score (nSPS) is 16.7.